The molecule has 1 N–H and O–H groups in total. The number of methoxy groups -OCH3 is 1. The molecule has 0 radical (unpaired) electrons. The quantitative estimate of drug-likeness (QED) is 0.458. The molecule has 3 aliphatic rings. The van der Waals surface area contributed by atoms with Gasteiger partial charge < -0.3 is 9.47 Å². The highest BCUT2D eigenvalue weighted by Gasteiger charge is 2.68. The van der Waals surface area contributed by atoms with E-state index in [2.05, 4.69) is 37.5 Å². The molecule has 1 aromatic heterocycles. The number of carbonyl (C=O) groups excluding carboxylic acids is 2. The zero-order valence-corrected chi connectivity index (χ0v) is 22.5. The first-order chi connectivity index (χ1) is 17.5. The third-order valence-electron chi connectivity index (χ3n) is 10.7. The fourth-order valence-electron chi connectivity index (χ4n) is 8.19. The molecular weight excluding hydrogens is 468 g/mol. The largest absolute Gasteiger partial charge is 0.457 e. The number of para-hydroxylation sites is 1. The Balaban J connectivity index is 1.64. The van der Waals surface area contributed by atoms with Gasteiger partial charge in [-0.2, -0.15) is 5.10 Å². The van der Waals surface area contributed by atoms with Crippen LogP contribution in [0.2, 0.25) is 0 Å². The molecule has 3 aliphatic carbocycles. The fourth-order valence-corrected chi connectivity index (χ4v) is 8.19. The summed E-state index contributed by atoms with van der Waals surface area (Å²) in [6.07, 6.45) is 5.04. The van der Waals surface area contributed by atoms with Gasteiger partial charge in [-0.25, -0.2) is 4.79 Å². The Kier molecular flexibility index (Phi) is 6.21. The van der Waals surface area contributed by atoms with Crippen molar-refractivity contribution >= 4 is 22.7 Å². The first-order valence-corrected chi connectivity index (χ1v) is 13.4. The summed E-state index contributed by atoms with van der Waals surface area (Å²) in [6.45, 7) is 12.4. The lowest BCUT2D eigenvalue weighted by atomic mass is 9.44. The predicted octanol–water partition coefficient (Wildman–Crippen LogP) is 5.10. The third kappa shape index (κ3) is 3.57. The topological polar surface area (TPSA) is 98.3 Å². The smallest absolute Gasteiger partial charge is 0.363 e. The van der Waals surface area contributed by atoms with E-state index in [1.54, 1.807) is 37.5 Å². The van der Waals surface area contributed by atoms with Crippen molar-refractivity contribution in [2.45, 2.75) is 72.0 Å². The Hall–Kier alpha value is -2.80. The van der Waals surface area contributed by atoms with Gasteiger partial charge in [0.25, 0.3) is 0 Å². The van der Waals surface area contributed by atoms with Crippen LogP contribution in [-0.4, -0.2) is 41.3 Å². The van der Waals surface area contributed by atoms with Gasteiger partial charge in [0.15, 0.2) is 0 Å². The van der Waals surface area contributed by atoms with Crippen LogP contribution < -0.4 is 5.43 Å². The minimum atomic E-state index is -0.866. The monoisotopic (exact) mass is 506 g/mol. The number of rotatable bonds is 4. The summed E-state index contributed by atoms with van der Waals surface area (Å²) in [5.74, 6) is -0.516. The van der Waals surface area contributed by atoms with E-state index in [-0.39, 0.29) is 40.7 Å². The molecule has 0 spiro atoms. The van der Waals surface area contributed by atoms with E-state index in [9.17, 15) is 14.4 Å². The lowest BCUT2D eigenvalue weighted by Crippen LogP contribution is -2.63. The molecule has 198 valence electrons. The van der Waals surface area contributed by atoms with Crippen molar-refractivity contribution in [3.05, 3.63) is 52.8 Å². The number of nitrogens with one attached hydrogen (secondary N) is 1. The van der Waals surface area contributed by atoms with Crippen molar-refractivity contribution in [2.24, 2.45) is 34.0 Å². The van der Waals surface area contributed by atoms with Crippen LogP contribution in [0.5, 0.6) is 0 Å². The molecule has 0 saturated heterocycles. The number of hydrogen-bond donors (Lipinski definition) is 1. The van der Waals surface area contributed by atoms with Crippen LogP contribution >= 0.6 is 0 Å². The Morgan fingerprint density at radius 3 is 2.57 bits per heavy atom. The molecule has 7 heteroatoms. The van der Waals surface area contributed by atoms with Crippen LogP contribution in [0.4, 0.5) is 0 Å². The maximum absolute atomic E-state index is 14.1. The summed E-state index contributed by atoms with van der Waals surface area (Å²) in [4.78, 5) is 40.9. The van der Waals surface area contributed by atoms with Gasteiger partial charge in [0, 0.05) is 41.6 Å². The lowest BCUT2D eigenvalue weighted by molar-refractivity contribution is -0.189. The second kappa shape index (κ2) is 8.90. The summed E-state index contributed by atoms with van der Waals surface area (Å²) in [5, 5.41) is 7.29. The normalized spacial score (nSPS) is 39.5. The zero-order chi connectivity index (χ0) is 26.8. The van der Waals surface area contributed by atoms with E-state index in [1.807, 2.05) is 6.92 Å². The molecule has 2 bridgehead atoms. The highest BCUT2D eigenvalue weighted by molar-refractivity contribution is 5.92. The van der Waals surface area contributed by atoms with Crippen molar-refractivity contribution in [2.75, 3.05) is 7.11 Å². The standard InChI is InChI=1S/C30H38N2O5/c1-7-28(4)16-22(37-27(35)23-24(33)19-10-8-9-11-20(19)31-32-23)29(5)17(2)12-14-30(18(3)26(28)34)15-13-21(36-6)25(29)30/h7-11,17-18,21-22,25H,1,12-16H2,2-6H3,(H,31,33)/t17-,18+,21-,22-,25?,28-,29+,30?/m1/s1. The van der Waals surface area contributed by atoms with E-state index in [0.717, 1.165) is 25.7 Å². The van der Waals surface area contributed by atoms with Gasteiger partial charge in [-0.3, -0.25) is 14.7 Å². The number of ether oxygens (including phenoxy) is 2. The molecule has 2 aromatic rings. The van der Waals surface area contributed by atoms with E-state index < -0.39 is 28.3 Å². The second-order valence-corrected chi connectivity index (χ2v) is 12.1. The number of fused-ring (bicyclic) bond motifs is 1. The molecule has 3 fully saturated rings. The average molecular weight is 507 g/mol. The number of carbonyl (C=O) groups is 2. The predicted molar refractivity (Wildman–Crippen MR) is 141 cm³/mol. The first kappa shape index (κ1) is 25.8. The van der Waals surface area contributed by atoms with Crippen LogP contribution in [0.1, 0.15) is 70.3 Å². The van der Waals surface area contributed by atoms with E-state index in [4.69, 9.17) is 9.47 Å². The number of aromatic amines is 1. The maximum atomic E-state index is 14.1. The van der Waals surface area contributed by atoms with Crippen LogP contribution in [0.15, 0.2) is 41.7 Å². The number of benzene rings is 1. The molecule has 1 heterocycles. The number of hydrogen-bond acceptors (Lipinski definition) is 6. The molecule has 1 aromatic carbocycles. The minimum absolute atomic E-state index is 0.0283. The zero-order valence-electron chi connectivity index (χ0n) is 22.5. The fraction of sp³-hybridized carbons (Fsp3) is 0.600. The summed E-state index contributed by atoms with van der Waals surface area (Å²) < 4.78 is 12.4. The first-order valence-electron chi connectivity index (χ1n) is 13.4. The van der Waals surface area contributed by atoms with E-state index in [1.165, 1.54) is 0 Å². The Bertz CT molecular complexity index is 1320. The number of Topliss-reactive ketones (excluding diaryl/α,β-unsaturated/α-hetero) is 1. The van der Waals surface area contributed by atoms with Crippen LogP contribution in [-0.2, 0) is 14.3 Å². The molecule has 2 unspecified atom stereocenters. The van der Waals surface area contributed by atoms with Gasteiger partial charge in [-0.05, 0) is 56.1 Å². The van der Waals surface area contributed by atoms with Crippen LogP contribution in [0.25, 0.3) is 10.9 Å². The molecular formula is C30H38N2O5. The van der Waals surface area contributed by atoms with Gasteiger partial charge in [0.05, 0.1) is 11.6 Å². The van der Waals surface area contributed by atoms with E-state index in [0.29, 0.717) is 17.3 Å². The van der Waals surface area contributed by atoms with Gasteiger partial charge in [-0.1, -0.05) is 39.0 Å². The second-order valence-electron chi connectivity index (χ2n) is 12.1. The third-order valence-corrected chi connectivity index (χ3v) is 10.7. The van der Waals surface area contributed by atoms with Crippen LogP contribution in [0, 0.1) is 34.0 Å². The van der Waals surface area contributed by atoms with Gasteiger partial charge >= 0.3 is 5.97 Å². The molecule has 0 aliphatic heterocycles. The molecule has 5 rings (SSSR count). The highest BCUT2D eigenvalue weighted by atomic mass is 16.5. The van der Waals surface area contributed by atoms with Crippen molar-refractivity contribution < 1.29 is 19.1 Å². The van der Waals surface area contributed by atoms with Crippen molar-refractivity contribution in [1.82, 2.24) is 10.2 Å². The van der Waals surface area contributed by atoms with Crippen molar-refractivity contribution in [1.29, 1.82) is 0 Å². The Morgan fingerprint density at radius 1 is 1.16 bits per heavy atom. The number of ketones is 1. The maximum Gasteiger partial charge on any atom is 0.363 e. The SMILES string of the molecule is C=C[C@]1(C)C[C@@H](OC(=O)c2n[nH]c3ccccc3c2=O)[C@@]2(C)C3[C@H](OC)CCC3(CC[C@H]2C)[C@@H](C)C1=O. The van der Waals surface area contributed by atoms with Crippen LogP contribution in [0.3, 0.4) is 0 Å². The molecule has 3 saturated carbocycles. The van der Waals surface area contributed by atoms with Gasteiger partial charge in [0.1, 0.15) is 11.9 Å². The van der Waals surface area contributed by atoms with Gasteiger partial charge in [0.2, 0.25) is 11.1 Å². The lowest BCUT2D eigenvalue weighted by Gasteiger charge is -2.61. The molecule has 7 nitrogen and oxygen atoms in total. The Morgan fingerprint density at radius 2 is 1.86 bits per heavy atom. The summed E-state index contributed by atoms with van der Waals surface area (Å²) >= 11 is 0. The summed E-state index contributed by atoms with van der Waals surface area (Å²) in [5.41, 5.74) is -1.74. The van der Waals surface area contributed by atoms with Crippen molar-refractivity contribution in [3.63, 3.8) is 0 Å². The summed E-state index contributed by atoms with van der Waals surface area (Å²) in [6, 6.07) is 6.95. The highest BCUT2D eigenvalue weighted by Crippen LogP contribution is 2.68. The number of aromatic nitrogens is 2. The number of H-pyrrole nitrogens is 1. The van der Waals surface area contributed by atoms with Crippen molar-refractivity contribution in [3.8, 4) is 0 Å². The number of esters is 1. The molecule has 8 atom stereocenters. The summed E-state index contributed by atoms with van der Waals surface area (Å²) in [7, 11) is 1.74. The number of allylic oxidation sites excluding steroid dienone is 1. The average Bonchev–Trinajstić information content (AvgIpc) is 3.30. The molecule has 0 amide bonds. The number of nitrogens with zero attached hydrogens (tertiary/aromatic N) is 1. The van der Waals surface area contributed by atoms with E-state index >= 15 is 0 Å². The van der Waals surface area contributed by atoms with Gasteiger partial charge in [-0.15, -0.1) is 6.58 Å². The minimum Gasteiger partial charge on any atom is -0.457 e. The molecule has 37 heavy (non-hydrogen) atoms. The Labute approximate surface area is 218 Å².